The molecule has 2 aromatic carbocycles. The van der Waals surface area contributed by atoms with Crippen molar-refractivity contribution in [2.45, 2.75) is 32.6 Å². The van der Waals surface area contributed by atoms with Gasteiger partial charge in [0, 0.05) is 11.8 Å². The van der Waals surface area contributed by atoms with Crippen LogP contribution in [-0.4, -0.2) is 10.9 Å². The molecule has 2 atom stereocenters. The van der Waals surface area contributed by atoms with Gasteiger partial charge in [-0.05, 0) is 73.2 Å². The molecule has 4 heteroatoms. The van der Waals surface area contributed by atoms with Crippen LogP contribution in [0.5, 0.6) is 11.5 Å². The van der Waals surface area contributed by atoms with E-state index in [2.05, 4.69) is 6.07 Å². The zero-order valence-electron chi connectivity index (χ0n) is 15.2. The average Bonchev–Trinajstić information content (AvgIpc) is 3.15. The third-order valence-corrected chi connectivity index (χ3v) is 5.64. The van der Waals surface area contributed by atoms with Gasteiger partial charge in [0.25, 0.3) is 0 Å². The van der Waals surface area contributed by atoms with Gasteiger partial charge in [0.15, 0.2) is 5.78 Å². The molecule has 0 amide bonds. The van der Waals surface area contributed by atoms with E-state index in [4.69, 9.17) is 10.00 Å². The smallest absolute Gasteiger partial charge is 0.169 e. The fraction of sp³-hybridized carbons (Fsp3) is 0.304. The van der Waals surface area contributed by atoms with Crippen molar-refractivity contribution in [3.05, 3.63) is 64.9 Å². The van der Waals surface area contributed by atoms with E-state index in [1.165, 1.54) is 0 Å². The summed E-state index contributed by atoms with van der Waals surface area (Å²) in [6.07, 6.45) is 3.29. The van der Waals surface area contributed by atoms with Crippen molar-refractivity contribution in [3.63, 3.8) is 0 Å². The molecule has 0 aliphatic heterocycles. The van der Waals surface area contributed by atoms with Gasteiger partial charge in [-0.15, -0.1) is 0 Å². The van der Waals surface area contributed by atoms with Gasteiger partial charge in [-0.2, -0.15) is 5.26 Å². The van der Waals surface area contributed by atoms with Gasteiger partial charge in [0.2, 0.25) is 0 Å². The number of aliphatic hydroxyl groups is 1. The fourth-order valence-corrected chi connectivity index (χ4v) is 4.17. The summed E-state index contributed by atoms with van der Waals surface area (Å²) in [5, 5.41) is 19.6. The number of benzene rings is 2. The molecule has 1 N–H and O–H groups in total. The summed E-state index contributed by atoms with van der Waals surface area (Å²) >= 11 is 0. The van der Waals surface area contributed by atoms with Crippen LogP contribution in [0.15, 0.2) is 48.2 Å². The first-order chi connectivity index (χ1) is 13.1. The first-order valence-corrected chi connectivity index (χ1v) is 9.39. The zero-order valence-corrected chi connectivity index (χ0v) is 15.2. The second-order valence-corrected chi connectivity index (χ2v) is 7.24. The molecule has 0 radical (unpaired) electrons. The number of aryl methyl sites for hydroxylation is 1. The molecule has 0 unspecified atom stereocenters. The van der Waals surface area contributed by atoms with Gasteiger partial charge in [-0.25, -0.2) is 0 Å². The Morgan fingerprint density at radius 2 is 1.81 bits per heavy atom. The number of allylic oxidation sites excluding steroid dienone is 2. The molecule has 27 heavy (non-hydrogen) atoms. The SMILES string of the molecule is CCc1ccc(Oc2ccc(C#N)cc2)cc1C1=C(O)[C@H]2CC[C@H](C2)C1=O. The van der Waals surface area contributed by atoms with Crippen LogP contribution in [0.4, 0.5) is 0 Å². The lowest BCUT2D eigenvalue weighted by Gasteiger charge is -2.23. The van der Waals surface area contributed by atoms with Crippen LogP contribution in [0.2, 0.25) is 0 Å². The molecular weight excluding hydrogens is 338 g/mol. The van der Waals surface area contributed by atoms with Crippen LogP contribution in [0, 0.1) is 23.2 Å². The molecular formula is C23H21NO3. The van der Waals surface area contributed by atoms with E-state index < -0.39 is 0 Å². The lowest BCUT2D eigenvalue weighted by molar-refractivity contribution is -0.117. The summed E-state index contributed by atoms with van der Waals surface area (Å²) in [4.78, 5) is 12.9. The number of carbonyl (C=O) groups excluding carboxylic acids is 1. The van der Waals surface area contributed by atoms with Gasteiger partial charge < -0.3 is 9.84 Å². The molecule has 0 spiro atoms. The molecule has 0 saturated heterocycles. The third kappa shape index (κ3) is 3.10. The van der Waals surface area contributed by atoms with Crippen molar-refractivity contribution in [1.82, 2.24) is 0 Å². The minimum absolute atomic E-state index is 0.0358. The van der Waals surface area contributed by atoms with Gasteiger partial charge in [0.05, 0.1) is 17.2 Å². The average molecular weight is 359 g/mol. The zero-order chi connectivity index (χ0) is 19.0. The molecule has 0 aromatic heterocycles. The number of nitriles is 1. The Bertz CT molecular complexity index is 966. The minimum Gasteiger partial charge on any atom is -0.511 e. The summed E-state index contributed by atoms with van der Waals surface area (Å²) < 4.78 is 5.92. The highest BCUT2D eigenvalue weighted by Crippen LogP contribution is 2.46. The Kier molecular flexibility index (Phi) is 4.45. The second-order valence-electron chi connectivity index (χ2n) is 7.24. The minimum atomic E-state index is 0.0358. The van der Waals surface area contributed by atoms with Crippen LogP contribution in [0.25, 0.3) is 5.57 Å². The number of ether oxygens (including phenoxy) is 1. The largest absolute Gasteiger partial charge is 0.511 e. The maximum atomic E-state index is 12.9. The van der Waals surface area contributed by atoms with Crippen molar-refractivity contribution >= 4 is 11.4 Å². The molecule has 1 saturated carbocycles. The van der Waals surface area contributed by atoms with Crippen molar-refractivity contribution in [2.75, 3.05) is 0 Å². The van der Waals surface area contributed by atoms with E-state index in [9.17, 15) is 9.90 Å². The van der Waals surface area contributed by atoms with Gasteiger partial charge >= 0.3 is 0 Å². The molecule has 1 fully saturated rings. The number of fused-ring (bicyclic) bond motifs is 2. The molecule has 2 bridgehead atoms. The van der Waals surface area contributed by atoms with E-state index >= 15 is 0 Å². The van der Waals surface area contributed by atoms with Crippen LogP contribution in [0.3, 0.4) is 0 Å². The molecule has 136 valence electrons. The Labute approximate surface area is 158 Å². The molecule has 4 rings (SSSR count). The summed E-state index contributed by atoms with van der Waals surface area (Å²) in [5.74, 6) is 1.69. The Morgan fingerprint density at radius 3 is 2.52 bits per heavy atom. The molecule has 2 aromatic rings. The van der Waals surface area contributed by atoms with E-state index in [1.807, 2.05) is 25.1 Å². The molecule has 2 aliphatic rings. The van der Waals surface area contributed by atoms with Crippen molar-refractivity contribution in [3.8, 4) is 17.6 Å². The maximum Gasteiger partial charge on any atom is 0.169 e. The van der Waals surface area contributed by atoms with E-state index in [-0.39, 0.29) is 23.4 Å². The van der Waals surface area contributed by atoms with Crippen LogP contribution in [0.1, 0.15) is 42.9 Å². The Hall–Kier alpha value is -3.06. The van der Waals surface area contributed by atoms with E-state index in [0.717, 1.165) is 36.8 Å². The number of rotatable bonds is 4. The lowest BCUT2D eigenvalue weighted by Crippen LogP contribution is -2.21. The van der Waals surface area contributed by atoms with Gasteiger partial charge in [0.1, 0.15) is 17.3 Å². The summed E-state index contributed by atoms with van der Waals surface area (Å²) in [5.41, 5.74) is 2.86. The van der Waals surface area contributed by atoms with Gasteiger partial charge in [-0.3, -0.25) is 4.79 Å². The standard InChI is InChI=1S/C23H21NO3/c1-2-15-7-10-19(27-18-8-3-14(13-24)4-9-18)12-20(15)21-22(25)16-5-6-17(11-16)23(21)26/h3-4,7-10,12,16-17,25H,2,5-6,11H2,1H3/t16-,17+/m0/s1. The lowest BCUT2D eigenvalue weighted by atomic mass is 9.81. The number of ketones is 1. The van der Waals surface area contributed by atoms with Crippen LogP contribution >= 0.6 is 0 Å². The van der Waals surface area contributed by atoms with E-state index in [0.29, 0.717) is 22.6 Å². The highest BCUT2D eigenvalue weighted by atomic mass is 16.5. The Balaban J connectivity index is 1.72. The van der Waals surface area contributed by atoms with Crippen molar-refractivity contribution < 1.29 is 14.6 Å². The normalized spacial score (nSPS) is 21.3. The quantitative estimate of drug-likeness (QED) is 0.816. The number of hydrogen-bond donors (Lipinski definition) is 1. The number of Topliss-reactive ketones (excluding diaryl/α,β-unsaturated/α-hetero) is 1. The third-order valence-electron chi connectivity index (χ3n) is 5.64. The summed E-state index contributed by atoms with van der Waals surface area (Å²) in [6, 6.07) is 14.7. The second kappa shape index (κ2) is 6.92. The van der Waals surface area contributed by atoms with Crippen molar-refractivity contribution in [2.24, 2.45) is 11.8 Å². The number of hydrogen-bond acceptors (Lipinski definition) is 4. The first kappa shape index (κ1) is 17.4. The number of carbonyl (C=O) groups is 1. The monoisotopic (exact) mass is 359 g/mol. The predicted molar refractivity (Wildman–Crippen MR) is 102 cm³/mol. The summed E-state index contributed by atoms with van der Waals surface area (Å²) in [7, 11) is 0. The van der Waals surface area contributed by atoms with E-state index in [1.54, 1.807) is 24.3 Å². The maximum absolute atomic E-state index is 12.9. The molecule has 0 heterocycles. The highest BCUT2D eigenvalue weighted by Gasteiger charge is 2.41. The molecule has 4 nitrogen and oxygen atoms in total. The fourth-order valence-electron chi connectivity index (χ4n) is 4.17. The molecule has 2 aliphatic carbocycles. The van der Waals surface area contributed by atoms with Crippen molar-refractivity contribution in [1.29, 1.82) is 5.26 Å². The van der Waals surface area contributed by atoms with Crippen LogP contribution in [-0.2, 0) is 11.2 Å². The predicted octanol–water partition coefficient (Wildman–Crippen LogP) is 5.18. The highest BCUT2D eigenvalue weighted by molar-refractivity contribution is 6.23. The first-order valence-electron chi connectivity index (χ1n) is 9.39. The Morgan fingerprint density at radius 1 is 1.11 bits per heavy atom. The van der Waals surface area contributed by atoms with Crippen LogP contribution < -0.4 is 4.74 Å². The number of aliphatic hydroxyl groups excluding tert-OH is 1. The topological polar surface area (TPSA) is 70.3 Å². The summed E-state index contributed by atoms with van der Waals surface area (Å²) in [6.45, 7) is 2.04. The number of nitrogens with zero attached hydrogens (tertiary/aromatic N) is 1. The van der Waals surface area contributed by atoms with Gasteiger partial charge in [-0.1, -0.05) is 13.0 Å².